The fourth-order valence-corrected chi connectivity index (χ4v) is 1.39. The molecule has 0 unspecified atom stereocenters. The van der Waals surface area contributed by atoms with E-state index in [-0.39, 0.29) is 0 Å². The van der Waals surface area contributed by atoms with E-state index in [0.29, 0.717) is 0 Å². The van der Waals surface area contributed by atoms with Crippen LogP contribution in [0.5, 0.6) is 0 Å². The molecule has 0 radical (unpaired) electrons. The van der Waals surface area contributed by atoms with Crippen molar-refractivity contribution in [2.45, 2.75) is 33.1 Å². The highest BCUT2D eigenvalue weighted by atomic mass is 15.1. The van der Waals surface area contributed by atoms with Crippen molar-refractivity contribution in [2.75, 3.05) is 19.6 Å². The van der Waals surface area contributed by atoms with Gasteiger partial charge in [-0.2, -0.15) is 0 Å². The molecular weight excluding hydrogens is 134 g/mol. The van der Waals surface area contributed by atoms with Gasteiger partial charge in [0.25, 0.3) is 0 Å². The summed E-state index contributed by atoms with van der Waals surface area (Å²) < 4.78 is 0. The molecule has 11 heavy (non-hydrogen) atoms. The Morgan fingerprint density at radius 2 is 2.00 bits per heavy atom. The van der Waals surface area contributed by atoms with E-state index in [1.165, 1.54) is 44.5 Å². The van der Waals surface area contributed by atoms with Crippen LogP contribution in [0.1, 0.15) is 33.1 Å². The van der Waals surface area contributed by atoms with E-state index < -0.39 is 0 Å². The quantitative estimate of drug-likeness (QED) is 0.563. The Hall–Kier alpha value is -0.300. The van der Waals surface area contributed by atoms with Crippen molar-refractivity contribution in [3.8, 4) is 0 Å². The summed E-state index contributed by atoms with van der Waals surface area (Å²) in [7, 11) is 0. The molecule has 1 heteroatoms. The first-order valence-corrected chi connectivity index (χ1v) is 4.71. The Balaban J connectivity index is 2.19. The maximum atomic E-state index is 2.53. The first kappa shape index (κ1) is 8.79. The van der Waals surface area contributed by atoms with Crippen molar-refractivity contribution in [3.63, 3.8) is 0 Å². The lowest BCUT2D eigenvalue weighted by atomic mass is 10.2. The molecule has 1 aliphatic heterocycles. The maximum Gasteiger partial charge on any atom is 0.0165 e. The van der Waals surface area contributed by atoms with E-state index in [2.05, 4.69) is 24.8 Å². The Morgan fingerprint density at radius 3 is 2.55 bits per heavy atom. The van der Waals surface area contributed by atoms with Crippen molar-refractivity contribution < 1.29 is 0 Å². The highest BCUT2D eigenvalue weighted by Crippen LogP contribution is 2.07. The van der Waals surface area contributed by atoms with Gasteiger partial charge in [0.05, 0.1) is 0 Å². The second-order valence-corrected chi connectivity index (χ2v) is 3.41. The second-order valence-electron chi connectivity index (χ2n) is 3.41. The molecule has 1 saturated heterocycles. The summed E-state index contributed by atoms with van der Waals surface area (Å²) in [4.78, 5) is 2.53. The van der Waals surface area contributed by atoms with Crippen molar-refractivity contribution in [3.05, 3.63) is 11.6 Å². The first-order chi connectivity index (χ1) is 5.33. The molecule has 0 aromatic carbocycles. The smallest absolute Gasteiger partial charge is 0.0165 e. The van der Waals surface area contributed by atoms with E-state index >= 15 is 0 Å². The van der Waals surface area contributed by atoms with Crippen LogP contribution < -0.4 is 0 Å². The van der Waals surface area contributed by atoms with Crippen molar-refractivity contribution in [2.24, 2.45) is 0 Å². The molecule has 1 rings (SSSR count). The van der Waals surface area contributed by atoms with Crippen LogP contribution in [0.4, 0.5) is 0 Å². The van der Waals surface area contributed by atoms with E-state index in [1.807, 2.05) is 0 Å². The van der Waals surface area contributed by atoms with Gasteiger partial charge in [0.1, 0.15) is 0 Å². The van der Waals surface area contributed by atoms with Gasteiger partial charge in [-0.1, -0.05) is 18.6 Å². The molecule has 0 spiro atoms. The molecule has 1 aliphatic rings. The number of allylic oxidation sites excluding steroid dienone is 1. The number of rotatable bonds is 3. The van der Waals surface area contributed by atoms with Gasteiger partial charge in [0.2, 0.25) is 0 Å². The minimum absolute atomic E-state index is 1.18. The zero-order valence-corrected chi connectivity index (χ0v) is 7.77. The fourth-order valence-electron chi connectivity index (χ4n) is 1.39. The van der Waals surface area contributed by atoms with E-state index in [4.69, 9.17) is 0 Å². The molecular formula is C10H19N. The van der Waals surface area contributed by atoms with Crippen LogP contribution in [-0.4, -0.2) is 24.5 Å². The number of hydrogen-bond acceptors (Lipinski definition) is 1. The van der Waals surface area contributed by atoms with Crippen LogP contribution in [-0.2, 0) is 0 Å². The fraction of sp³-hybridized carbons (Fsp3) is 0.800. The highest BCUT2D eigenvalue weighted by Gasteiger charge is 2.08. The Bertz CT molecular complexity index is 132. The summed E-state index contributed by atoms with van der Waals surface area (Å²) >= 11 is 0. The zero-order valence-electron chi connectivity index (χ0n) is 7.77. The molecule has 0 saturated carbocycles. The molecule has 0 amide bonds. The predicted molar refractivity (Wildman–Crippen MR) is 49.7 cm³/mol. The van der Waals surface area contributed by atoms with Gasteiger partial charge in [0, 0.05) is 6.54 Å². The van der Waals surface area contributed by atoms with Gasteiger partial charge in [-0.3, -0.25) is 4.90 Å². The first-order valence-electron chi connectivity index (χ1n) is 4.71. The van der Waals surface area contributed by atoms with Crippen LogP contribution in [0.15, 0.2) is 11.6 Å². The summed E-state index contributed by atoms with van der Waals surface area (Å²) in [6.45, 7) is 8.24. The van der Waals surface area contributed by atoms with Crippen LogP contribution in [0.25, 0.3) is 0 Å². The van der Waals surface area contributed by atoms with Gasteiger partial charge in [-0.05, 0) is 39.3 Å². The van der Waals surface area contributed by atoms with Crippen LogP contribution >= 0.6 is 0 Å². The van der Waals surface area contributed by atoms with E-state index in [0.717, 1.165) is 0 Å². The monoisotopic (exact) mass is 153 g/mol. The van der Waals surface area contributed by atoms with Gasteiger partial charge < -0.3 is 0 Å². The second kappa shape index (κ2) is 4.55. The van der Waals surface area contributed by atoms with Crippen molar-refractivity contribution in [1.29, 1.82) is 0 Å². The van der Waals surface area contributed by atoms with Gasteiger partial charge in [0.15, 0.2) is 0 Å². The van der Waals surface area contributed by atoms with Gasteiger partial charge >= 0.3 is 0 Å². The maximum absolute atomic E-state index is 2.53. The Kier molecular flexibility index (Phi) is 3.64. The third-order valence-corrected chi connectivity index (χ3v) is 2.45. The number of likely N-dealkylation sites (tertiary alicyclic amines) is 1. The summed E-state index contributed by atoms with van der Waals surface area (Å²) in [5.41, 5.74) is 1.52. The van der Waals surface area contributed by atoms with Gasteiger partial charge in [-0.15, -0.1) is 0 Å². The molecule has 64 valence electrons. The highest BCUT2D eigenvalue weighted by molar-refractivity contribution is 4.98. The molecule has 0 atom stereocenters. The zero-order chi connectivity index (χ0) is 8.10. The van der Waals surface area contributed by atoms with E-state index in [1.54, 1.807) is 0 Å². The topological polar surface area (TPSA) is 3.24 Å². The van der Waals surface area contributed by atoms with Crippen LogP contribution in [0.3, 0.4) is 0 Å². The lowest BCUT2D eigenvalue weighted by Gasteiger charge is -2.11. The number of hydrogen-bond donors (Lipinski definition) is 0. The molecule has 0 N–H and O–H groups in total. The van der Waals surface area contributed by atoms with Crippen LogP contribution in [0.2, 0.25) is 0 Å². The molecule has 1 heterocycles. The molecule has 1 nitrogen and oxygen atoms in total. The molecule has 1 fully saturated rings. The van der Waals surface area contributed by atoms with Crippen LogP contribution in [0, 0.1) is 0 Å². The minimum Gasteiger partial charge on any atom is -0.300 e. The van der Waals surface area contributed by atoms with Crippen molar-refractivity contribution >= 4 is 0 Å². The third kappa shape index (κ3) is 3.06. The third-order valence-electron chi connectivity index (χ3n) is 2.45. The lowest BCUT2D eigenvalue weighted by Crippen LogP contribution is -2.18. The standard InChI is InChI=1S/C10H19N/c1-3-10(2)6-9-11-7-4-5-8-11/h6H,3-5,7-9H2,1-2H3/b10-6+. The van der Waals surface area contributed by atoms with E-state index in [9.17, 15) is 0 Å². The molecule has 0 aromatic rings. The Morgan fingerprint density at radius 1 is 1.36 bits per heavy atom. The molecule has 0 bridgehead atoms. The minimum atomic E-state index is 1.18. The summed E-state index contributed by atoms with van der Waals surface area (Å²) in [6.07, 6.45) is 6.37. The summed E-state index contributed by atoms with van der Waals surface area (Å²) in [6, 6.07) is 0. The largest absolute Gasteiger partial charge is 0.300 e. The predicted octanol–water partition coefficient (Wildman–Crippen LogP) is 2.44. The molecule has 0 aromatic heterocycles. The summed E-state index contributed by atoms with van der Waals surface area (Å²) in [5.74, 6) is 0. The normalized spacial score (nSPS) is 21.1. The van der Waals surface area contributed by atoms with Crippen molar-refractivity contribution in [1.82, 2.24) is 4.90 Å². The average Bonchev–Trinajstić information content (AvgIpc) is 2.52. The van der Waals surface area contributed by atoms with Gasteiger partial charge in [-0.25, -0.2) is 0 Å². The number of nitrogens with zero attached hydrogens (tertiary/aromatic N) is 1. The summed E-state index contributed by atoms with van der Waals surface area (Å²) in [5, 5.41) is 0. The Labute approximate surface area is 70.1 Å². The molecule has 0 aliphatic carbocycles. The lowest BCUT2D eigenvalue weighted by molar-refractivity contribution is 0.376. The SMILES string of the molecule is CC/C(C)=C/CN1CCCC1. The average molecular weight is 153 g/mol.